The standard InChI is InChI=1S/C16H14F3N3/c1-22-14(13-7-10(9-20)5-6-21-13)8-11-3-2-4-12(15(11)22)16(17,18)19/h2-8H,9,20H2,1H3. The van der Waals surface area contributed by atoms with Crippen LogP contribution >= 0.6 is 0 Å². The van der Waals surface area contributed by atoms with Gasteiger partial charge in [-0.1, -0.05) is 12.1 Å². The zero-order valence-corrected chi connectivity index (χ0v) is 11.9. The molecule has 22 heavy (non-hydrogen) atoms. The summed E-state index contributed by atoms with van der Waals surface area (Å²) < 4.78 is 41.1. The molecule has 0 spiro atoms. The van der Waals surface area contributed by atoms with Gasteiger partial charge in [0.15, 0.2) is 0 Å². The summed E-state index contributed by atoms with van der Waals surface area (Å²) in [6.45, 7) is 0.354. The smallest absolute Gasteiger partial charge is 0.342 e. The fraction of sp³-hybridized carbons (Fsp3) is 0.188. The lowest BCUT2D eigenvalue weighted by molar-refractivity contribution is -0.136. The molecule has 114 valence electrons. The lowest BCUT2D eigenvalue weighted by Crippen LogP contribution is -2.07. The van der Waals surface area contributed by atoms with E-state index in [1.165, 1.54) is 10.6 Å². The van der Waals surface area contributed by atoms with Crippen LogP contribution in [0.25, 0.3) is 22.3 Å². The van der Waals surface area contributed by atoms with Gasteiger partial charge in [0.2, 0.25) is 0 Å². The highest BCUT2D eigenvalue weighted by molar-refractivity contribution is 5.89. The fourth-order valence-electron chi connectivity index (χ4n) is 2.63. The van der Waals surface area contributed by atoms with Gasteiger partial charge in [-0.15, -0.1) is 0 Å². The fourth-order valence-corrected chi connectivity index (χ4v) is 2.63. The molecule has 0 saturated heterocycles. The van der Waals surface area contributed by atoms with Gasteiger partial charge in [-0.05, 0) is 29.8 Å². The predicted octanol–water partition coefficient (Wildman–Crippen LogP) is 3.72. The maximum absolute atomic E-state index is 13.2. The van der Waals surface area contributed by atoms with E-state index in [1.807, 2.05) is 0 Å². The monoisotopic (exact) mass is 305 g/mol. The molecule has 0 saturated carbocycles. The summed E-state index contributed by atoms with van der Waals surface area (Å²) >= 11 is 0. The first kappa shape index (κ1) is 14.6. The van der Waals surface area contributed by atoms with Crippen molar-refractivity contribution in [3.63, 3.8) is 0 Å². The SMILES string of the molecule is Cn1c(-c2cc(CN)ccn2)cc2cccc(C(F)(F)F)c21. The molecule has 0 amide bonds. The quantitative estimate of drug-likeness (QED) is 0.784. The molecule has 0 unspecified atom stereocenters. The maximum Gasteiger partial charge on any atom is 0.418 e. The Balaban J connectivity index is 2.27. The van der Waals surface area contributed by atoms with Crippen LogP contribution in [0.5, 0.6) is 0 Å². The lowest BCUT2D eigenvalue weighted by atomic mass is 10.1. The lowest BCUT2D eigenvalue weighted by Gasteiger charge is -2.11. The van der Waals surface area contributed by atoms with Gasteiger partial charge in [0.25, 0.3) is 0 Å². The summed E-state index contributed by atoms with van der Waals surface area (Å²) in [6.07, 6.45) is -2.78. The third-order valence-corrected chi connectivity index (χ3v) is 3.68. The van der Waals surface area contributed by atoms with Crippen molar-refractivity contribution in [3.05, 3.63) is 53.7 Å². The van der Waals surface area contributed by atoms with E-state index in [4.69, 9.17) is 5.73 Å². The first-order valence-corrected chi connectivity index (χ1v) is 6.73. The van der Waals surface area contributed by atoms with Crippen molar-refractivity contribution in [2.75, 3.05) is 0 Å². The van der Waals surface area contributed by atoms with Gasteiger partial charge in [-0.2, -0.15) is 13.2 Å². The Morgan fingerprint density at radius 2 is 1.95 bits per heavy atom. The topological polar surface area (TPSA) is 43.8 Å². The summed E-state index contributed by atoms with van der Waals surface area (Å²) in [6, 6.07) is 9.47. The molecule has 3 aromatic rings. The number of aromatic nitrogens is 2. The van der Waals surface area contributed by atoms with E-state index >= 15 is 0 Å². The zero-order chi connectivity index (χ0) is 15.9. The molecule has 6 heteroatoms. The van der Waals surface area contributed by atoms with Crippen LogP contribution in [0.4, 0.5) is 13.2 Å². The molecule has 3 rings (SSSR count). The molecule has 0 aliphatic rings. The van der Waals surface area contributed by atoms with Crippen LogP contribution in [0.3, 0.4) is 0 Å². The minimum absolute atomic E-state index is 0.157. The Labute approximate surface area is 125 Å². The molecule has 2 heterocycles. The first-order valence-electron chi connectivity index (χ1n) is 6.73. The van der Waals surface area contributed by atoms with E-state index in [9.17, 15) is 13.2 Å². The summed E-state index contributed by atoms with van der Waals surface area (Å²) in [5.74, 6) is 0. The Morgan fingerprint density at radius 3 is 2.64 bits per heavy atom. The number of nitrogens with zero attached hydrogens (tertiary/aromatic N) is 2. The maximum atomic E-state index is 13.2. The van der Waals surface area contributed by atoms with Crippen LogP contribution < -0.4 is 5.73 Å². The van der Waals surface area contributed by atoms with E-state index in [0.29, 0.717) is 23.3 Å². The molecule has 2 aromatic heterocycles. The number of rotatable bonds is 2. The highest BCUT2D eigenvalue weighted by atomic mass is 19.4. The second-order valence-electron chi connectivity index (χ2n) is 5.08. The third kappa shape index (κ3) is 2.35. The number of alkyl halides is 3. The third-order valence-electron chi connectivity index (χ3n) is 3.68. The van der Waals surface area contributed by atoms with Gasteiger partial charge >= 0.3 is 6.18 Å². The van der Waals surface area contributed by atoms with Crippen molar-refractivity contribution in [2.24, 2.45) is 12.8 Å². The normalized spacial score (nSPS) is 12.0. The van der Waals surface area contributed by atoms with Crippen LogP contribution in [0.15, 0.2) is 42.6 Å². The predicted molar refractivity (Wildman–Crippen MR) is 79.0 cm³/mol. The number of halogens is 3. The zero-order valence-electron chi connectivity index (χ0n) is 11.9. The molecule has 0 aliphatic heterocycles. The number of benzene rings is 1. The highest BCUT2D eigenvalue weighted by Gasteiger charge is 2.33. The largest absolute Gasteiger partial charge is 0.418 e. The van der Waals surface area contributed by atoms with E-state index in [1.54, 1.807) is 37.5 Å². The highest BCUT2D eigenvalue weighted by Crippen LogP contribution is 2.37. The Morgan fingerprint density at radius 1 is 1.18 bits per heavy atom. The Hall–Kier alpha value is -2.34. The van der Waals surface area contributed by atoms with Crippen LogP contribution in [-0.4, -0.2) is 9.55 Å². The van der Waals surface area contributed by atoms with Crippen molar-refractivity contribution < 1.29 is 13.2 Å². The summed E-state index contributed by atoms with van der Waals surface area (Å²) in [4.78, 5) is 4.25. The minimum atomic E-state index is -4.39. The summed E-state index contributed by atoms with van der Waals surface area (Å²) in [7, 11) is 1.61. The number of nitrogens with two attached hydrogens (primary N) is 1. The molecule has 0 bridgehead atoms. The van der Waals surface area contributed by atoms with Crippen LogP contribution in [-0.2, 0) is 19.8 Å². The number of aryl methyl sites for hydroxylation is 1. The van der Waals surface area contributed by atoms with Crippen LogP contribution in [0.1, 0.15) is 11.1 Å². The van der Waals surface area contributed by atoms with E-state index in [2.05, 4.69) is 4.98 Å². The molecule has 2 N–H and O–H groups in total. The van der Waals surface area contributed by atoms with E-state index in [0.717, 1.165) is 11.6 Å². The number of hydrogen-bond donors (Lipinski definition) is 1. The van der Waals surface area contributed by atoms with E-state index < -0.39 is 11.7 Å². The second-order valence-corrected chi connectivity index (χ2v) is 5.08. The molecule has 0 aliphatic carbocycles. The molecule has 0 radical (unpaired) electrons. The Kier molecular flexibility index (Phi) is 3.41. The van der Waals surface area contributed by atoms with Crippen molar-refractivity contribution >= 4 is 10.9 Å². The van der Waals surface area contributed by atoms with Gasteiger partial charge in [0.1, 0.15) is 0 Å². The van der Waals surface area contributed by atoms with Gasteiger partial charge < -0.3 is 10.3 Å². The summed E-state index contributed by atoms with van der Waals surface area (Å²) in [5, 5.41) is 0.535. The van der Waals surface area contributed by atoms with Gasteiger partial charge in [0.05, 0.1) is 22.5 Å². The molecule has 1 aromatic carbocycles. The first-order chi connectivity index (χ1) is 10.4. The molecular weight excluding hydrogens is 291 g/mol. The molecule has 3 nitrogen and oxygen atoms in total. The Bertz CT molecular complexity index is 834. The minimum Gasteiger partial charge on any atom is -0.342 e. The van der Waals surface area contributed by atoms with Gasteiger partial charge in [-0.25, -0.2) is 0 Å². The average Bonchev–Trinajstić information content (AvgIpc) is 2.84. The van der Waals surface area contributed by atoms with Crippen molar-refractivity contribution in [1.29, 1.82) is 0 Å². The number of hydrogen-bond acceptors (Lipinski definition) is 2. The van der Waals surface area contributed by atoms with E-state index in [-0.39, 0.29) is 5.52 Å². The van der Waals surface area contributed by atoms with Gasteiger partial charge in [-0.3, -0.25) is 4.98 Å². The number of para-hydroxylation sites is 1. The molecular formula is C16H14F3N3. The van der Waals surface area contributed by atoms with Crippen molar-refractivity contribution in [2.45, 2.75) is 12.7 Å². The number of fused-ring (bicyclic) bond motifs is 1. The van der Waals surface area contributed by atoms with Crippen molar-refractivity contribution in [3.8, 4) is 11.4 Å². The number of pyridine rings is 1. The van der Waals surface area contributed by atoms with Crippen LogP contribution in [0, 0.1) is 0 Å². The average molecular weight is 305 g/mol. The van der Waals surface area contributed by atoms with Gasteiger partial charge in [0, 0.05) is 25.2 Å². The van der Waals surface area contributed by atoms with Crippen LogP contribution in [0.2, 0.25) is 0 Å². The summed E-state index contributed by atoms with van der Waals surface area (Å²) in [5.41, 5.74) is 7.23. The molecule has 0 fully saturated rings. The van der Waals surface area contributed by atoms with Crippen molar-refractivity contribution in [1.82, 2.24) is 9.55 Å². The molecule has 0 atom stereocenters. The second kappa shape index (κ2) is 5.14.